The van der Waals surface area contributed by atoms with Crippen LogP contribution < -0.4 is 9.47 Å². The summed E-state index contributed by atoms with van der Waals surface area (Å²) < 4.78 is 11.3. The van der Waals surface area contributed by atoms with Gasteiger partial charge in [-0.05, 0) is 36.1 Å². The summed E-state index contributed by atoms with van der Waals surface area (Å²) in [6.45, 7) is 6.52. The van der Waals surface area contributed by atoms with Crippen LogP contribution in [-0.4, -0.2) is 66.9 Å². The smallest absolute Gasteiger partial charge is 0.161 e. The van der Waals surface area contributed by atoms with Crippen molar-refractivity contribution in [2.45, 2.75) is 25.4 Å². The standard InChI is InChI=1S/C23H30N2O3/c26-13-9-21-18-24(11-12-25(21)10-8-19-4-2-1-3-5-19)17-20-6-7-22-23(16-20)28-15-14-27-22/h1-7,16,21,26H,8-15,17-18H2/t21-/m0/s1. The first-order valence-electron chi connectivity index (χ1n) is 10.3. The Hall–Kier alpha value is -2.08. The summed E-state index contributed by atoms with van der Waals surface area (Å²) in [6, 6.07) is 17.3. The lowest BCUT2D eigenvalue weighted by Gasteiger charge is -2.41. The molecule has 2 aromatic carbocycles. The van der Waals surface area contributed by atoms with Gasteiger partial charge in [0.05, 0.1) is 0 Å². The number of rotatable bonds is 7. The summed E-state index contributed by atoms with van der Waals surface area (Å²) in [5.41, 5.74) is 2.63. The fraction of sp³-hybridized carbons (Fsp3) is 0.478. The van der Waals surface area contributed by atoms with E-state index >= 15 is 0 Å². The summed E-state index contributed by atoms with van der Waals surface area (Å²) >= 11 is 0. The molecule has 2 aliphatic rings. The average Bonchev–Trinajstić information content (AvgIpc) is 2.74. The van der Waals surface area contributed by atoms with Crippen molar-refractivity contribution in [1.82, 2.24) is 9.80 Å². The minimum Gasteiger partial charge on any atom is -0.486 e. The molecular weight excluding hydrogens is 352 g/mol. The lowest BCUT2D eigenvalue weighted by atomic mass is 10.1. The maximum atomic E-state index is 9.55. The van der Waals surface area contributed by atoms with Gasteiger partial charge in [-0.25, -0.2) is 0 Å². The van der Waals surface area contributed by atoms with Crippen LogP contribution >= 0.6 is 0 Å². The molecule has 2 aromatic rings. The van der Waals surface area contributed by atoms with E-state index in [1.807, 2.05) is 6.07 Å². The van der Waals surface area contributed by atoms with Crippen LogP contribution in [0.4, 0.5) is 0 Å². The molecule has 0 spiro atoms. The Kier molecular flexibility index (Phi) is 6.47. The quantitative estimate of drug-likeness (QED) is 0.797. The molecule has 1 atom stereocenters. The van der Waals surface area contributed by atoms with Crippen LogP contribution in [0.3, 0.4) is 0 Å². The zero-order chi connectivity index (χ0) is 19.2. The van der Waals surface area contributed by atoms with E-state index in [1.165, 1.54) is 11.1 Å². The third-order valence-corrected chi connectivity index (χ3v) is 5.69. The first kappa shape index (κ1) is 19.2. The molecule has 150 valence electrons. The van der Waals surface area contributed by atoms with E-state index in [1.54, 1.807) is 0 Å². The van der Waals surface area contributed by atoms with Crippen molar-refractivity contribution >= 4 is 0 Å². The number of nitrogens with zero attached hydrogens (tertiary/aromatic N) is 2. The summed E-state index contributed by atoms with van der Waals surface area (Å²) in [6.07, 6.45) is 1.89. The van der Waals surface area contributed by atoms with Crippen molar-refractivity contribution in [1.29, 1.82) is 0 Å². The highest BCUT2D eigenvalue weighted by Crippen LogP contribution is 2.31. The fourth-order valence-corrected chi connectivity index (χ4v) is 4.18. The van der Waals surface area contributed by atoms with Gasteiger partial charge in [-0.2, -0.15) is 0 Å². The maximum Gasteiger partial charge on any atom is 0.161 e. The topological polar surface area (TPSA) is 45.2 Å². The second-order valence-corrected chi connectivity index (χ2v) is 7.65. The number of hydrogen-bond acceptors (Lipinski definition) is 5. The highest BCUT2D eigenvalue weighted by Gasteiger charge is 2.26. The lowest BCUT2D eigenvalue weighted by Crippen LogP contribution is -2.53. The Balaban J connectivity index is 1.34. The molecule has 0 amide bonds. The molecule has 1 saturated heterocycles. The van der Waals surface area contributed by atoms with E-state index in [4.69, 9.17) is 9.47 Å². The average molecular weight is 383 g/mol. The normalized spacial score (nSPS) is 20.2. The van der Waals surface area contributed by atoms with Crippen molar-refractivity contribution in [3.05, 3.63) is 59.7 Å². The van der Waals surface area contributed by atoms with Crippen molar-refractivity contribution in [3.63, 3.8) is 0 Å². The molecule has 0 radical (unpaired) electrons. The Bertz CT molecular complexity index is 753. The Labute approximate surface area is 167 Å². The molecule has 28 heavy (non-hydrogen) atoms. The molecule has 2 aliphatic heterocycles. The highest BCUT2D eigenvalue weighted by atomic mass is 16.6. The second-order valence-electron chi connectivity index (χ2n) is 7.65. The van der Waals surface area contributed by atoms with Gasteiger partial charge < -0.3 is 14.6 Å². The van der Waals surface area contributed by atoms with Gasteiger partial charge in [0.2, 0.25) is 0 Å². The van der Waals surface area contributed by atoms with E-state index in [0.29, 0.717) is 19.3 Å². The third-order valence-electron chi connectivity index (χ3n) is 5.69. The minimum atomic E-state index is 0.240. The molecule has 0 unspecified atom stereocenters. The molecule has 0 bridgehead atoms. The van der Waals surface area contributed by atoms with Crippen LogP contribution in [0.15, 0.2) is 48.5 Å². The summed E-state index contributed by atoms with van der Waals surface area (Å²) in [7, 11) is 0. The molecule has 1 fully saturated rings. The number of aliphatic hydroxyl groups excluding tert-OH is 1. The van der Waals surface area contributed by atoms with Crippen molar-refractivity contribution in [2.75, 3.05) is 46.0 Å². The highest BCUT2D eigenvalue weighted by molar-refractivity contribution is 5.43. The molecule has 5 heteroatoms. The van der Waals surface area contributed by atoms with Crippen LogP contribution in [0.5, 0.6) is 11.5 Å². The Morgan fingerprint density at radius 1 is 0.929 bits per heavy atom. The molecule has 5 nitrogen and oxygen atoms in total. The van der Waals surface area contributed by atoms with Crippen LogP contribution in [-0.2, 0) is 13.0 Å². The Morgan fingerprint density at radius 3 is 2.57 bits per heavy atom. The molecular formula is C23H30N2O3. The van der Waals surface area contributed by atoms with Gasteiger partial charge in [-0.3, -0.25) is 9.80 Å². The molecule has 0 aliphatic carbocycles. The number of piperazine rings is 1. The number of hydrogen-bond donors (Lipinski definition) is 1. The SMILES string of the molecule is OCC[C@H]1CN(Cc2ccc3c(c2)OCCO3)CCN1CCc1ccccc1. The maximum absolute atomic E-state index is 9.55. The number of aliphatic hydroxyl groups is 1. The predicted molar refractivity (Wildman–Crippen MR) is 110 cm³/mol. The van der Waals surface area contributed by atoms with Gasteiger partial charge in [0, 0.05) is 45.4 Å². The zero-order valence-corrected chi connectivity index (χ0v) is 16.4. The first-order chi connectivity index (χ1) is 13.8. The van der Waals surface area contributed by atoms with Crippen LogP contribution in [0.25, 0.3) is 0 Å². The molecule has 1 N–H and O–H groups in total. The van der Waals surface area contributed by atoms with E-state index in [9.17, 15) is 5.11 Å². The largest absolute Gasteiger partial charge is 0.486 e. The lowest BCUT2D eigenvalue weighted by molar-refractivity contribution is 0.0561. The van der Waals surface area contributed by atoms with Gasteiger partial charge in [-0.1, -0.05) is 36.4 Å². The van der Waals surface area contributed by atoms with Gasteiger partial charge in [0.15, 0.2) is 11.5 Å². The molecule has 2 heterocycles. The van der Waals surface area contributed by atoms with Gasteiger partial charge >= 0.3 is 0 Å². The van der Waals surface area contributed by atoms with Gasteiger partial charge in [0.1, 0.15) is 13.2 Å². The summed E-state index contributed by atoms with van der Waals surface area (Å²) in [4.78, 5) is 5.04. The molecule has 4 rings (SSSR count). The van der Waals surface area contributed by atoms with Crippen molar-refractivity contribution in [3.8, 4) is 11.5 Å². The van der Waals surface area contributed by atoms with Crippen LogP contribution in [0.1, 0.15) is 17.5 Å². The van der Waals surface area contributed by atoms with Crippen LogP contribution in [0.2, 0.25) is 0 Å². The number of fused-ring (bicyclic) bond motifs is 1. The van der Waals surface area contributed by atoms with E-state index in [0.717, 1.165) is 57.1 Å². The first-order valence-corrected chi connectivity index (χ1v) is 10.3. The number of benzene rings is 2. The molecule has 0 saturated carbocycles. The van der Waals surface area contributed by atoms with Gasteiger partial charge in [-0.15, -0.1) is 0 Å². The van der Waals surface area contributed by atoms with E-state index in [2.05, 4.69) is 52.3 Å². The van der Waals surface area contributed by atoms with E-state index in [-0.39, 0.29) is 6.61 Å². The third kappa shape index (κ3) is 4.85. The van der Waals surface area contributed by atoms with Crippen molar-refractivity contribution in [2.24, 2.45) is 0 Å². The monoisotopic (exact) mass is 382 g/mol. The fourth-order valence-electron chi connectivity index (χ4n) is 4.18. The van der Waals surface area contributed by atoms with Crippen molar-refractivity contribution < 1.29 is 14.6 Å². The Morgan fingerprint density at radius 2 is 1.75 bits per heavy atom. The number of ether oxygens (including phenoxy) is 2. The summed E-state index contributed by atoms with van der Waals surface area (Å²) in [5.74, 6) is 1.70. The zero-order valence-electron chi connectivity index (χ0n) is 16.4. The molecule has 0 aromatic heterocycles. The van der Waals surface area contributed by atoms with Crippen LogP contribution in [0, 0.1) is 0 Å². The minimum absolute atomic E-state index is 0.240. The second kappa shape index (κ2) is 9.41. The summed E-state index contributed by atoms with van der Waals surface area (Å²) in [5, 5.41) is 9.55. The van der Waals surface area contributed by atoms with Gasteiger partial charge in [0.25, 0.3) is 0 Å². The van der Waals surface area contributed by atoms with E-state index < -0.39 is 0 Å². The predicted octanol–water partition coefficient (Wildman–Crippen LogP) is 2.57.